The second kappa shape index (κ2) is 8.87. The fourth-order valence-corrected chi connectivity index (χ4v) is 4.47. The number of nitrogens with one attached hydrogen (secondary N) is 1. The maximum atomic E-state index is 13.4. The van der Waals surface area contributed by atoms with Crippen LogP contribution in [0.1, 0.15) is 16.7 Å². The third kappa shape index (κ3) is 4.07. The van der Waals surface area contributed by atoms with Gasteiger partial charge in [0.1, 0.15) is 5.52 Å². The topological polar surface area (TPSA) is 90.5 Å². The molecular formula is C27H19F3N6O2. The van der Waals surface area contributed by atoms with Gasteiger partial charge in [-0.1, -0.05) is 24.3 Å². The van der Waals surface area contributed by atoms with Crippen molar-refractivity contribution in [3.05, 3.63) is 123 Å². The van der Waals surface area contributed by atoms with Gasteiger partial charge in [0.25, 0.3) is 5.56 Å². The highest BCUT2D eigenvalue weighted by molar-refractivity contribution is 5.86. The number of H-pyrrole nitrogens is 1. The quantitative estimate of drug-likeness (QED) is 0.365. The van der Waals surface area contributed by atoms with E-state index in [9.17, 15) is 22.8 Å². The van der Waals surface area contributed by atoms with Gasteiger partial charge in [-0.05, 0) is 47.5 Å². The summed E-state index contributed by atoms with van der Waals surface area (Å²) in [6, 6.07) is 10.5. The van der Waals surface area contributed by atoms with Gasteiger partial charge in [-0.15, -0.1) is 0 Å². The highest BCUT2D eigenvalue weighted by Crippen LogP contribution is 2.32. The lowest BCUT2D eigenvalue weighted by molar-refractivity contribution is -0.138. The summed E-state index contributed by atoms with van der Waals surface area (Å²) in [6.45, 7) is -0.0188. The molecule has 0 radical (unpaired) electrons. The second-order valence-corrected chi connectivity index (χ2v) is 8.84. The number of aromatic amines is 1. The van der Waals surface area contributed by atoms with Crippen molar-refractivity contribution >= 4 is 16.7 Å². The number of alkyl halides is 3. The fraction of sp³-hybridized carbons (Fsp3) is 0.111. The summed E-state index contributed by atoms with van der Waals surface area (Å²) in [6.07, 6.45) is 7.13. The molecule has 4 aromatic heterocycles. The molecule has 0 atom stereocenters. The molecule has 1 N–H and O–H groups in total. The van der Waals surface area contributed by atoms with Crippen LogP contribution >= 0.6 is 0 Å². The number of allylic oxidation sites excluding steroid dienone is 4. The number of rotatable bonds is 6. The number of benzene rings is 1. The Morgan fingerprint density at radius 3 is 2.47 bits per heavy atom. The molecule has 0 saturated heterocycles. The van der Waals surface area contributed by atoms with Crippen LogP contribution < -0.4 is 11.2 Å². The van der Waals surface area contributed by atoms with Gasteiger partial charge in [0.15, 0.2) is 0 Å². The van der Waals surface area contributed by atoms with E-state index in [4.69, 9.17) is 0 Å². The standard InChI is InChI=1S/C27H19F3N6O2/c28-27(29,30)21-7-2-1-4-18(21)15-34-16-19(13-32-34)22-12-23-24(33-22)25(37)35(14-17-8-10-31-11-9-17)26(38)36(23)20-5-3-6-20/h1-13,16,33H,14-15H2. The lowest BCUT2D eigenvalue weighted by Crippen LogP contribution is -2.40. The van der Waals surface area contributed by atoms with Crippen LogP contribution in [-0.4, -0.2) is 28.9 Å². The number of fused-ring (bicyclic) bond motifs is 1. The molecule has 0 bridgehead atoms. The predicted molar refractivity (Wildman–Crippen MR) is 135 cm³/mol. The molecule has 0 saturated carbocycles. The molecule has 0 fully saturated rings. The Bertz CT molecular complexity index is 1860. The molecule has 5 aromatic rings. The molecule has 0 spiro atoms. The minimum Gasteiger partial charge on any atom is -0.349 e. The highest BCUT2D eigenvalue weighted by Gasteiger charge is 2.33. The Labute approximate surface area is 212 Å². The minimum absolute atomic E-state index is 0.0675. The van der Waals surface area contributed by atoms with Crippen molar-refractivity contribution < 1.29 is 13.2 Å². The van der Waals surface area contributed by atoms with E-state index >= 15 is 0 Å². The molecule has 0 unspecified atom stereocenters. The van der Waals surface area contributed by atoms with E-state index < -0.39 is 23.0 Å². The van der Waals surface area contributed by atoms with Crippen molar-refractivity contribution in [3.63, 3.8) is 0 Å². The number of hydrogen-bond donors (Lipinski definition) is 1. The van der Waals surface area contributed by atoms with Crippen LogP contribution in [0.2, 0.25) is 0 Å². The third-order valence-electron chi connectivity index (χ3n) is 6.40. The van der Waals surface area contributed by atoms with E-state index in [2.05, 4.69) is 15.1 Å². The van der Waals surface area contributed by atoms with Crippen molar-refractivity contribution in [2.45, 2.75) is 19.3 Å². The lowest BCUT2D eigenvalue weighted by atomic mass is 10.1. The first-order chi connectivity index (χ1) is 18.3. The molecule has 4 heterocycles. The van der Waals surface area contributed by atoms with Crippen molar-refractivity contribution in [2.75, 3.05) is 0 Å². The molecule has 1 aromatic carbocycles. The van der Waals surface area contributed by atoms with Gasteiger partial charge < -0.3 is 4.98 Å². The molecule has 1 aliphatic carbocycles. The van der Waals surface area contributed by atoms with E-state index in [0.717, 1.165) is 16.2 Å². The van der Waals surface area contributed by atoms with Gasteiger partial charge >= 0.3 is 11.9 Å². The molecule has 1 aliphatic rings. The van der Waals surface area contributed by atoms with Crippen LogP contribution in [0.25, 0.3) is 28.0 Å². The summed E-state index contributed by atoms with van der Waals surface area (Å²) >= 11 is 0. The predicted octanol–water partition coefficient (Wildman–Crippen LogP) is 4.28. The summed E-state index contributed by atoms with van der Waals surface area (Å²) in [5.74, 6) is 0. The maximum Gasteiger partial charge on any atom is 0.416 e. The van der Waals surface area contributed by atoms with Crippen molar-refractivity contribution in [2.24, 2.45) is 0 Å². The zero-order valence-electron chi connectivity index (χ0n) is 19.7. The average molecular weight is 516 g/mol. The van der Waals surface area contributed by atoms with Crippen LogP contribution in [-0.2, 0) is 19.3 Å². The Morgan fingerprint density at radius 2 is 1.76 bits per heavy atom. The van der Waals surface area contributed by atoms with Crippen molar-refractivity contribution in [1.82, 2.24) is 28.9 Å². The van der Waals surface area contributed by atoms with Gasteiger partial charge in [0.05, 0.1) is 41.8 Å². The van der Waals surface area contributed by atoms with Gasteiger partial charge in [-0.3, -0.25) is 23.6 Å². The normalized spacial score (nSPS) is 13.1. The maximum absolute atomic E-state index is 13.4. The molecule has 0 amide bonds. The molecule has 0 aliphatic heterocycles. The van der Waals surface area contributed by atoms with Gasteiger partial charge in [0.2, 0.25) is 0 Å². The monoisotopic (exact) mass is 516 g/mol. The second-order valence-electron chi connectivity index (χ2n) is 8.84. The molecule has 11 heteroatoms. The Kier molecular flexibility index (Phi) is 5.48. The van der Waals surface area contributed by atoms with E-state index in [1.807, 2.05) is 0 Å². The number of hydrogen-bond acceptors (Lipinski definition) is 4. The Morgan fingerprint density at radius 1 is 1.00 bits per heavy atom. The summed E-state index contributed by atoms with van der Waals surface area (Å²) in [7, 11) is 0. The van der Waals surface area contributed by atoms with E-state index in [1.54, 1.807) is 61.1 Å². The van der Waals surface area contributed by atoms with Crippen LogP contribution in [0.4, 0.5) is 13.2 Å². The van der Waals surface area contributed by atoms with Crippen LogP contribution in [0.15, 0.2) is 95.1 Å². The van der Waals surface area contributed by atoms with Crippen molar-refractivity contribution in [3.8, 4) is 11.3 Å². The molecular weight excluding hydrogens is 497 g/mol. The zero-order valence-corrected chi connectivity index (χ0v) is 19.7. The van der Waals surface area contributed by atoms with Crippen LogP contribution in [0.3, 0.4) is 0 Å². The van der Waals surface area contributed by atoms with Crippen LogP contribution in [0, 0.1) is 0 Å². The number of pyridine rings is 1. The Balaban J connectivity index is 1.42. The average Bonchev–Trinajstić information content (AvgIpc) is 3.51. The number of nitrogens with zero attached hydrogens (tertiary/aromatic N) is 5. The van der Waals surface area contributed by atoms with E-state index in [-0.39, 0.29) is 24.2 Å². The number of aromatic nitrogens is 6. The first-order valence-corrected chi connectivity index (χ1v) is 11.6. The van der Waals surface area contributed by atoms with Gasteiger partial charge in [-0.2, -0.15) is 18.3 Å². The SMILES string of the molecule is O=c1c2[nH]c(-c3cnn(Cc4ccccc4C(F)(F)F)c3)cc2n(C2=CC=C2)c(=O)n1Cc1ccncc1. The zero-order chi connectivity index (χ0) is 26.4. The van der Waals surface area contributed by atoms with Gasteiger partial charge in [-0.25, -0.2) is 4.79 Å². The highest BCUT2D eigenvalue weighted by atomic mass is 19.4. The molecule has 8 nitrogen and oxygen atoms in total. The number of halogens is 3. The third-order valence-corrected chi connectivity index (χ3v) is 6.40. The molecule has 6 rings (SSSR count). The van der Waals surface area contributed by atoms with Crippen molar-refractivity contribution in [1.29, 1.82) is 0 Å². The summed E-state index contributed by atoms with van der Waals surface area (Å²) in [5.41, 5.74) is 1.46. The molecule has 38 heavy (non-hydrogen) atoms. The lowest BCUT2D eigenvalue weighted by Gasteiger charge is -2.15. The first-order valence-electron chi connectivity index (χ1n) is 11.6. The summed E-state index contributed by atoms with van der Waals surface area (Å²) in [4.78, 5) is 33.9. The van der Waals surface area contributed by atoms with Gasteiger partial charge in [0, 0.05) is 24.2 Å². The van der Waals surface area contributed by atoms with E-state index in [1.165, 1.54) is 27.6 Å². The largest absolute Gasteiger partial charge is 0.416 e. The summed E-state index contributed by atoms with van der Waals surface area (Å²) < 4.78 is 44.2. The van der Waals surface area contributed by atoms with Crippen LogP contribution in [0.5, 0.6) is 0 Å². The first kappa shape index (κ1) is 23.5. The fourth-order valence-electron chi connectivity index (χ4n) is 4.47. The molecule has 190 valence electrons. The van der Waals surface area contributed by atoms with E-state index in [0.29, 0.717) is 22.5 Å². The minimum atomic E-state index is -4.48. The Hall–Kier alpha value is -4.93. The smallest absolute Gasteiger partial charge is 0.349 e. The summed E-state index contributed by atoms with van der Waals surface area (Å²) in [5, 5.41) is 4.23.